The Bertz CT molecular complexity index is 516. The van der Waals surface area contributed by atoms with E-state index in [1.165, 1.54) is 19.3 Å². The predicted octanol–water partition coefficient (Wildman–Crippen LogP) is 3.34. The number of nitrogens with two attached hydrogens (primary N) is 1. The molecule has 1 aliphatic rings. The van der Waals surface area contributed by atoms with Gasteiger partial charge in [0.1, 0.15) is 0 Å². The summed E-state index contributed by atoms with van der Waals surface area (Å²) in [7, 11) is 0. The fourth-order valence-electron chi connectivity index (χ4n) is 3.30. The number of rotatable bonds is 6. The third-order valence-corrected chi connectivity index (χ3v) is 4.52. The molecule has 0 bridgehead atoms. The zero-order valence-electron chi connectivity index (χ0n) is 13.2. The third-order valence-electron chi connectivity index (χ3n) is 4.52. The van der Waals surface area contributed by atoms with Crippen LogP contribution < -0.4 is 11.1 Å². The molecule has 1 aliphatic carbocycles. The van der Waals surface area contributed by atoms with E-state index in [1.54, 1.807) is 6.08 Å². The lowest BCUT2D eigenvalue weighted by atomic mass is 9.80. The first kappa shape index (κ1) is 16.6. The minimum absolute atomic E-state index is 0.0830. The van der Waals surface area contributed by atoms with Crippen molar-refractivity contribution in [3.63, 3.8) is 0 Å². The van der Waals surface area contributed by atoms with Crippen molar-refractivity contribution >= 4 is 11.7 Å². The maximum absolute atomic E-state index is 11.5. The minimum Gasteiger partial charge on any atom is -0.478 e. The number of nitrogen functional groups attached to an aromatic ring is 1. The minimum atomic E-state index is -0.817. The first-order chi connectivity index (χ1) is 10.6. The van der Waals surface area contributed by atoms with Gasteiger partial charge in [0.05, 0.1) is 0 Å². The molecule has 1 saturated carbocycles. The van der Waals surface area contributed by atoms with Crippen LogP contribution >= 0.6 is 0 Å². The summed E-state index contributed by atoms with van der Waals surface area (Å²) in [6.07, 6.45) is 7.59. The zero-order chi connectivity index (χ0) is 15.9. The van der Waals surface area contributed by atoms with Crippen molar-refractivity contribution in [1.82, 2.24) is 5.32 Å². The summed E-state index contributed by atoms with van der Waals surface area (Å²) in [6, 6.07) is 7.63. The standard InChI is InChI=1S/C18H26N2O2/c1-2-16(18(21)22)17(14-6-4-3-5-7-14)20-12-13-8-10-15(19)11-9-13/h2,8-11,14,17,20H,3-7,12,19H2,1H3,(H,21,22)/b16-2-. The molecule has 1 aromatic carbocycles. The smallest absolute Gasteiger partial charge is 0.332 e. The van der Waals surface area contributed by atoms with Crippen molar-refractivity contribution < 1.29 is 9.90 Å². The lowest BCUT2D eigenvalue weighted by Crippen LogP contribution is -2.40. The Morgan fingerprint density at radius 2 is 1.95 bits per heavy atom. The number of allylic oxidation sites excluding steroid dienone is 1. The summed E-state index contributed by atoms with van der Waals surface area (Å²) < 4.78 is 0. The molecule has 0 heterocycles. The van der Waals surface area contributed by atoms with E-state index in [9.17, 15) is 9.90 Å². The Kier molecular flexibility index (Phi) is 6.01. The zero-order valence-corrected chi connectivity index (χ0v) is 13.2. The van der Waals surface area contributed by atoms with Gasteiger partial charge in [-0.25, -0.2) is 4.79 Å². The number of anilines is 1. The topological polar surface area (TPSA) is 75.3 Å². The van der Waals surface area contributed by atoms with E-state index in [1.807, 2.05) is 31.2 Å². The van der Waals surface area contributed by atoms with Crippen molar-refractivity contribution in [1.29, 1.82) is 0 Å². The summed E-state index contributed by atoms with van der Waals surface area (Å²) in [5.74, 6) is -0.410. The number of nitrogens with one attached hydrogen (secondary N) is 1. The fourth-order valence-corrected chi connectivity index (χ4v) is 3.30. The molecule has 0 radical (unpaired) electrons. The van der Waals surface area contributed by atoms with Crippen LogP contribution in [0, 0.1) is 5.92 Å². The summed E-state index contributed by atoms with van der Waals surface area (Å²) in [6.45, 7) is 2.47. The summed E-state index contributed by atoms with van der Waals surface area (Å²) in [5, 5.41) is 13.0. The molecule has 22 heavy (non-hydrogen) atoms. The number of hydrogen-bond acceptors (Lipinski definition) is 3. The third kappa shape index (κ3) is 4.34. The van der Waals surface area contributed by atoms with Crippen molar-refractivity contribution in [2.45, 2.75) is 51.6 Å². The van der Waals surface area contributed by atoms with Crippen molar-refractivity contribution in [3.05, 3.63) is 41.5 Å². The molecular formula is C18H26N2O2. The molecule has 1 aromatic rings. The number of aliphatic carboxylic acids is 1. The molecule has 0 spiro atoms. The van der Waals surface area contributed by atoms with E-state index < -0.39 is 5.97 Å². The molecule has 0 amide bonds. The second-order valence-corrected chi connectivity index (χ2v) is 6.05. The number of benzene rings is 1. The van der Waals surface area contributed by atoms with Gasteiger partial charge in [-0.3, -0.25) is 0 Å². The first-order valence-corrected chi connectivity index (χ1v) is 8.09. The van der Waals surface area contributed by atoms with Gasteiger partial charge in [0.15, 0.2) is 0 Å². The summed E-state index contributed by atoms with van der Waals surface area (Å²) in [5.41, 5.74) is 8.05. The Morgan fingerprint density at radius 1 is 1.32 bits per heavy atom. The predicted molar refractivity (Wildman–Crippen MR) is 89.4 cm³/mol. The van der Waals surface area contributed by atoms with Crippen LogP contribution in [0.4, 0.5) is 5.69 Å². The van der Waals surface area contributed by atoms with E-state index in [-0.39, 0.29) is 6.04 Å². The van der Waals surface area contributed by atoms with Crippen LogP contribution in [0.2, 0.25) is 0 Å². The van der Waals surface area contributed by atoms with Crippen LogP contribution in [0.15, 0.2) is 35.9 Å². The van der Waals surface area contributed by atoms with Crippen molar-refractivity contribution in [2.24, 2.45) is 5.92 Å². The average molecular weight is 302 g/mol. The molecule has 1 unspecified atom stereocenters. The van der Waals surface area contributed by atoms with Gasteiger partial charge in [-0.2, -0.15) is 0 Å². The molecular weight excluding hydrogens is 276 g/mol. The largest absolute Gasteiger partial charge is 0.478 e. The van der Waals surface area contributed by atoms with Crippen molar-refractivity contribution in [3.8, 4) is 0 Å². The van der Waals surface area contributed by atoms with E-state index in [0.29, 0.717) is 18.0 Å². The van der Waals surface area contributed by atoms with Crippen LogP contribution in [-0.4, -0.2) is 17.1 Å². The van der Waals surface area contributed by atoms with E-state index in [2.05, 4.69) is 5.32 Å². The maximum atomic E-state index is 11.5. The summed E-state index contributed by atoms with van der Waals surface area (Å²) >= 11 is 0. The molecule has 4 nitrogen and oxygen atoms in total. The van der Waals surface area contributed by atoms with E-state index in [0.717, 1.165) is 24.1 Å². The highest BCUT2D eigenvalue weighted by Gasteiger charge is 2.29. The highest BCUT2D eigenvalue weighted by atomic mass is 16.4. The van der Waals surface area contributed by atoms with Crippen molar-refractivity contribution in [2.75, 3.05) is 5.73 Å². The second kappa shape index (κ2) is 7.99. The fraction of sp³-hybridized carbons (Fsp3) is 0.500. The Labute approximate surface area is 132 Å². The van der Waals surface area contributed by atoms with Gasteiger partial charge in [-0.1, -0.05) is 37.5 Å². The molecule has 4 heteroatoms. The normalized spacial score (nSPS) is 18.1. The first-order valence-electron chi connectivity index (χ1n) is 8.09. The molecule has 4 N–H and O–H groups in total. The molecule has 0 saturated heterocycles. The summed E-state index contributed by atoms with van der Waals surface area (Å²) in [4.78, 5) is 11.5. The monoisotopic (exact) mass is 302 g/mol. The molecule has 1 atom stereocenters. The lowest BCUT2D eigenvalue weighted by molar-refractivity contribution is -0.133. The van der Waals surface area contributed by atoms with Gasteiger partial charge in [0.2, 0.25) is 0 Å². The van der Waals surface area contributed by atoms with Gasteiger partial charge in [0.25, 0.3) is 0 Å². The Hall–Kier alpha value is -1.81. The number of carboxylic acids is 1. The van der Waals surface area contributed by atoms with Crippen LogP contribution in [0.1, 0.15) is 44.6 Å². The molecule has 0 aliphatic heterocycles. The van der Waals surface area contributed by atoms with Gasteiger partial charge >= 0.3 is 5.97 Å². The molecule has 2 rings (SSSR count). The highest BCUT2D eigenvalue weighted by molar-refractivity contribution is 5.88. The van der Waals surface area contributed by atoms with Crippen LogP contribution in [-0.2, 0) is 11.3 Å². The van der Waals surface area contributed by atoms with Crippen LogP contribution in [0.25, 0.3) is 0 Å². The lowest BCUT2D eigenvalue weighted by Gasteiger charge is -2.31. The number of carboxylic acid groups (broad SMARTS) is 1. The number of hydrogen-bond donors (Lipinski definition) is 3. The SMILES string of the molecule is C/C=C(\C(=O)O)C(NCc1ccc(N)cc1)C1CCCCC1. The molecule has 0 aromatic heterocycles. The quantitative estimate of drug-likeness (QED) is 0.556. The van der Waals surface area contributed by atoms with E-state index >= 15 is 0 Å². The maximum Gasteiger partial charge on any atom is 0.332 e. The van der Waals surface area contributed by atoms with Gasteiger partial charge in [0, 0.05) is 23.8 Å². The molecule has 120 valence electrons. The van der Waals surface area contributed by atoms with Gasteiger partial charge in [-0.15, -0.1) is 0 Å². The average Bonchev–Trinajstić information content (AvgIpc) is 2.53. The van der Waals surface area contributed by atoms with Crippen LogP contribution in [0.3, 0.4) is 0 Å². The highest BCUT2D eigenvalue weighted by Crippen LogP contribution is 2.30. The van der Waals surface area contributed by atoms with E-state index in [4.69, 9.17) is 5.73 Å². The number of carbonyl (C=O) groups is 1. The van der Waals surface area contributed by atoms with Gasteiger partial charge < -0.3 is 16.2 Å². The second-order valence-electron chi connectivity index (χ2n) is 6.05. The Balaban J connectivity index is 2.09. The Morgan fingerprint density at radius 3 is 2.50 bits per heavy atom. The van der Waals surface area contributed by atoms with Crippen LogP contribution in [0.5, 0.6) is 0 Å². The van der Waals surface area contributed by atoms with Gasteiger partial charge in [-0.05, 0) is 43.4 Å². The molecule has 1 fully saturated rings.